The number of halogens is 2. The molecule has 3 aromatic rings. The van der Waals surface area contributed by atoms with Crippen LogP contribution in [0.1, 0.15) is 18.4 Å². The Bertz CT molecular complexity index is 1370. The van der Waals surface area contributed by atoms with Gasteiger partial charge in [-0.1, -0.05) is 41.4 Å². The molecule has 0 bridgehead atoms. The normalized spacial score (nSPS) is 13.1. The zero-order chi connectivity index (χ0) is 27.7. The second-order valence-corrected chi connectivity index (χ2v) is 9.61. The molecule has 0 aliphatic carbocycles. The first kappa shape index (κ1) is 28.2. The Balaban J connectivity index is 1.30. The Morgan fingerprint density at radius 3 is 2.38 bits per heavy atom. The number of hydrogen-bond donors (Lipinski definition) is 3. The van der Waals surface area contributed by atoms with Crippen molar-refractivity contribution in [2.75, 3.05) is 25.5 Å². The molecule has 0 fully saturated rings. The lowest BCUT2D eigenvalue weighted by Gasteiger charge is -2.22. The molecule has 202 valence electrons. The van der Waals surface area contributed by atoms with E-state index in [1.54, 1.807) is 49.6 Å². The van der Waals surface area contributed by atoms with Gasteiger partial charge in [0.1, 0.15) is 17.2 Å². The van der Waals surface area contributed by atoms with E-state index < -0.39 is 5.66 Å². The highest BCUT2D eigenvalue weighted by atomic mass is 35.5. The largest absolute Gasteiger partial charge is 0.497 e. The van der Waals surface area contributed by atoms with Crippen molar-refractivity contribution in [2.24, 2.45) is 20.7 Å². The third-order valence-corrected chi connectivity index (χ3v) is 6.39. The van der Waals surface area contributed by atoms with E-state index in [-0.39, 0.29) is 12.3 Å². The van der Waals surface area contributed by atoms with Gasteiger partial charge in [-0.05, 0) is 77.6 Å². The molecule has 0 unspecified atom stereocenters. The summed E-state index contributed by atoms with van der Waals surface area (Å²) in [5, 5.41) is 26.1. The Kier molecular flexibility index (Phi) is 9.64. The third-order valence-electron chi connectivity index (χ3n) is 5.61. The Hall–Kier alpha value is -3.80. The number of ether oxygens (including phenoxy) is 2. The third kappa shape index (κ3) is 7.62. The summed E-state index contributed by atoms with van der Waals surface area (Å²) in [6.07, 6.45) is 0.528. The summed E-state index contributed by atoms with van der Waals surface area (Å²) in [7, 11) is 1.61. The fraction of sp³-hybridized carbons (Fsp3) is 0.231. The molecule has 4 rings (SSSR count). The highest BCUT2D eigenvalue weighted by molar-refractivity contribution is 7.80. The summed E-state index contributed by atoms with van der Waals surface area (Å²) in [5.41, 5.74) is 0.00368. The van der Waals surface area contributed by atoms with Crippen molar-refractivity contribution in [2.45, 2.75) is 18.5 Å². The molecule has 39 heavy (non-hydrogen) atoms. The maximum Gasteiger partial charge on any atom is 0.232 e. The van der Waals surface area contributed by atoms with Gasteiger partial charge in [0.25, 0.3) is 0 Å². The zero-order valence-corrected chi connectivity index (χ0v) is 23.2. The minimum Gasteiger partial charge on any atom is -0.497 e. The van der Waals surface area contributed by atoms with Gasteiger partial charge in [0.2, 0.25) is 11.6 Å². The van der Waals surface area contributed by atoms with Crippen LogP contribution in [-0.4, -0.2) is 31.2 Å². The fourth-order valence-corrected chi connectivity index (χ4v) is 4.37. The van der Waals surface area contributed by atoms with E-state index in [0.29, 0.717) is 51.7 Å². The van der Waals surface area contributed by atoms with E-state index >= 15 is 0 Å². The molecule has 0 atom stereocenters. The van der Waals surface area contributed by atoms with Gasteiger partial charge in [-0.25, -0.2) is 0 Å². The first-order valence-electron chi connectivity index (χ1n) is 11.9. The predicted octanol–water partition coefficient (Wildman–Crippen LogP) is 6.66. The highest BCUT2D eigenvalue weighted by Gasteiger charge is 2.40. The van der Waals surface area contributed by atoms with E-state index in [1.807, 2.05) is 24.3 Å². The lowest BCUT2D eigenvalue weighted by molar-refractivity contribution is -0.122. The summed E-state index contributed by atoms with van der Waals surface area (Å²) in [6, 6.07) is 19.4. The number of anilines is 1. The van der Waals surface area contributed by atoms with Crippen molar-refractivity contribution in [3.63, 3.8) is 0 Å². The van der Waals surface area contributed by atoms with Crippen molar-refractivity contribution < 1.29 is 14.3 Å². The number of nitrogens with zero attached hydrogens (tertiary/aromatic N) is 4. The molecule has 0 spiro atoms. The Morgan fingerprint density at radius 1 is 0.949 bits per heavy atom. The van der Waals surface area contributed by atoms with Gasteiger partial charge in [-0.15, -0.1) is 10.2 Å². The average Bonchev–Trinajstić information content (AvgIpc) is 3.40. The second kappa shape index (κ2) is 13.3. The van der Waals surface area contributed by atoms with Crippen LogP contribution in [0.5, 0.6) is 17.2 Å². The molecule has 13 heteroatoms. The quantitative estimate of drug-likeness (QED) is 0.171. The molecule has 1 aliphatic rings. The molecular weight excluding hydrogens is 561 g/mol. The van der Waals surface area contributed by atoms with Crippen molar-refractivity contribution in [3.8, 4) is 17.2 Å². The second-order valence-electron chi connectivity index (χ2n) is 8.36. The molecule has 0 radical (unpaired) electrons. The monoisotopic (exact) mass is 585 g/mol. The molecule has 0 aromatic heterocycles. The maximum absolute atomic E-state index is 12.9. The summed E-state index contributed by atoms with van der Waals surface area (Å²) >= 11 is 17.6. The van der Waals surface area contributed by atoms with Crippen LogP contribution in [0.3, 0.4) is 0 Å². The number of hydrogen-bond acceptors (Lipinski definition) is 8. The molecule has 1 aliphatic heterocycles. The molecular formula is C26H25Cl2N7O3S. The minimum atomic E-state index is -1.36. The van der Waals surface area contributed by atoms with Crippen LogP contribution in [0.15, 0.2) is 87.4 Å². The van der Waals surface area contributed by atoms with Gasteiger partial charge < -0.3 is 25.4 Å². The average molecular weight is 587 g/mol. The molecule has 3 aromatic carbocycles. The van der Waals surface area contributed by atoms with Gasteiger partial charge in [0, 0.05) is 29.4 Å². The van der Waals surface area contributed by atoms with Crippen LogP contribution in [0.25, 0.3) is 0 Å². The zero-order valence-electron chi connectivity index (χ0n) is 20.9. The highest BCUT2D eigenvalue weighted by Crippen LogP contribution is 2.43. The van der Waals surface area contributed by atoms with E-state index in [4.69, 9.17) is 44.9 Å². The summed E-state index contributed by atoms with van der Waals surface area (Å²) in [5.74, 6) is 1.30. The Labute approximate surface area is 240 Å². The minimum absolute atomic E-state index is 0.112. The van der Waals surface area contributed by atoms with Crippen molar-refractivity contribution >= 4 is 52.1 Å². The summed E-state index contributed by atoms with van der Waals surface area (Å²) in [6.45, 7) is 0.977. The number of amides is 1. The van der Waals surface area contributed by atoms with Gasteiger partial charge in [0.05, 0.1) is 18.6 Å². The fourth-order valence-electron chi connectivity index (χ4n) is 3.70. The van der Waals surface area contributed by atoms with Gasteiger partial charge >= 0.3 is 0 Å². The number of rotatable bonds is 11. The maximum atomic E-state index is 12.9. The molecule has 10 nitrogen and oxygen atoms in total. The van der Waals surface area contributed by atoms with E-state index in [0.717, 1.165) is 11.4 Å². The molecule has 0 saturated heterocycles. The van der Waals surface area contributed by atoms with E-state index in [2.05, 4.69) is 36.6 Å². The topological polar surface area (TPSA) is 121 Å². The van der Waals surface area contributed by atoms with Crippen molar-refractivity contribution in [3.05, 3.63) is 82.3 Å². The van der Waals surface area contributed by atoms with Crippen LogP contribution in [0.4, 0.5) is 5.69 Å². The first-order valence-corrected chi connectivity index (χ1v) is 13.1. The summed E-state index contributed by atoms with van der Waals surface area (Å²) in [4.78, 5) is 12.9. The SMILES string of the molecule is COc1ccc(NC(=S)NCCCNC(=O)CC2(c3ccccc3Oc3ccc(Cl)cc3Cl)N=NN=N2)cc1. The van der Waals surface area contributed by atoms with Gasteiger partial charge in [0.15, 0.2) is 5.11 Å². The Morgan fingerprint density at radius 2 is 1.67 bits per heavy atom. The van der Waals surface area contributed by atoms with Gasteiger partial charge in [-0.3, -0.25) is 4.79 Å². The van der Waals surface area contributed by atoms with Crippen molar-refractivity contribution in [1.82, 2.24) is 10.6 Å². The summed E-state index contributed by atoms with van der Waals surface area (Å²) < 4.78 is 11.2. The van der Waals surface area contributed by atoms with E-state index in [1.165, 1.54) is 0 Å². The molecule has 1 amide bonds. The van der Waals surface area contributed by atoms with Crippen molar-refractivity contribution in [1.29, 1.82) is 0 Å². The van der Waals surface area contributed by atoms with Crippen LogP contribution in [0, 0.1) is 0 Å². The van der Waals surface area contributed by atoms with Crippen LogP contribution in [-0.2, 0) is 10.5 Å². The number of carbonyl (C=O) groups excluding carboxylic acids is 1. The predicted molar refractivity (Wildman–Crippen MR) is 154 cm³/mol. The first-order chi connectivity index (χ1) is 18.9. The number of carbonyl (C=O) groups is 1. The number of nitrogens with one attached hydrogen (secondary N) is 3. The smallest absolute Gasteiger partial charge is 0.232 e. The number of para-hydroxylation sites is 1. The molecule has 0 saturated carbocycles. The van der Waals surface area contributed by atoms with Crippen LogP contribution >= 0.6 is 35.4 Å². The standard InChI is InChI=1S/C26H25Cl2N7O3S/c1-37-19-10-8-18(9-11-19)31-25(39)30-14-4-13-29-24(36)16-26(32-34-35-33-26)20-5-2-3-6-22(20)38-23-12-7-17(27)15-21(23)28/h2-3,5-12,15H,4,13-14,16H2,1H3,(H,29,36)(H2,30,31,39). The van der Waals surface area contributed by atoms with E-state index in [9.17, 15) is 4.79 Å². The number of benzene rings is 3. The number of thiocarbonyl (C=S) groups is 1. The van der Waals surface area contributed by atoms with Gasteiger partial charge in [-0.2, -0.15) is 0 Å². The number of methoxy groups -OCH3 is 1. The van der Waals surface area contributed by atoms with Crippen LogP contribution in [0.2, 0.25) is 10.0 Å². The van der Waals surface area contributed by atoms with Crippen LogP contribution < -0.4 is 25.4 Å². The molecule has 1 heterocycles. The lowest BCUT2D eigenvalue weighted by Crippen LogP contribution is -2.34. The molecule has 3 N–H and O–H groups in total. The lowest BCUT2D eigenvalue weighted by atomic mass is 9.96.